The molecule has 0 fully saturated rings. The van der Waals surface area contributed by atoms with Gasteiger partial charge in [-0.15, -0.1) is 22.7 Å². The van der Waals surface area contributed by atoms with E-state index in [-0.39, 0.29) is 24.6 Å². The maximum absolute atomic E-state index is 12.5. The third-order valence-corrected chi connectivity index (χ3v) is 7.35. The molecule has 0 saturated heterocycles. The number of ether oxygens (including phenoxy) is 1. The van der Waals surface area contributed by atoms with Crippen molar-refractivity contribution in [3.05, 3.63) is 75.0 Å². The fourth-order valence-corrected chi connectivity index (χ4v) is 5.39. The highest BCUT2D eigenvalue weighted by Crippen LogP contribution is 2.35. The number of aromatic nitrogens is 3. The molecule has 1 atom stereocenters. The molecule has 1 amide bonds. The number of nitrogens with zero attached hydrogens (tertiary/aromatic N) is 3. The number of nitrogens with one attached hydrogen (secondary N) is 1. The monoisotopic (exact) mass is 494 g/mol. The number of carbonyl (C=O) groups excluding carboxylic acids is 1. The van der Waals surface area contributed by atoms with Crippen molar-refractivity contribution in [1.82, 2.24) is 20.1 Å². The number of hydrogen-bond donors (Lipinski definition) is 1. The van der Waals surface area contributed by atoms with Crippen LogP contribution in [0.2, 0.25) is 0 Å². The van der Waals surface area contributed by atoms with Crippen LogP contribution in [0.3, 0.4) is 0 Å². The lowest BCUT2D eigenvalue weighted by molar-refractivity contribution is -0.127. The molecule has 3 aromatic heterocycles. The fraction of sp³-hybridized carbons (Fsp3) is 0.280. The molecular formula is C25H26N4O3S2. The van der Waals surface area contributed by atoms with Gasteiger partial charge in [-0.1, -0.05) is 12.1 Å². The van der Waals surface area contributed by atoms with Crippen LogP contribution in [0.15, 0.2) is 52.6 Å². The molecule has 4 rings (SSSR count). The molecule has 9 heteroatoms. The molecule has 0 saturated carbocycles. The Morgan fingerprint density at radius 2 is 1.91 bits per heavy atom. The molecule has 0 aliphatic rings. The Hall–Kier alpha value is -3.30. The summed E-state index contributed by atoms with van der Waals surface area (Å²) < 4.78 is 7.16. The van der Waals surface area contributed by atoms with E-state index in [1.807, 2.05) is 56.5 Å². The topological polar surface area (TPSA) is 86.1 Å². The van der Waals surface area contributed by atoms with Crippen LogP contribution in [0, 0.1) is 20.8 Å². The zero-order chi connectivity index (χ0) is 24.2. The molecule has 0 spiro atoms. The highest BCUT2D eigenvalue weighted by molar-refractivity contribution is 7.23. The maximum atomic E-state index is 12.5. The second-order valence-corrected chi connectivity index (χ2v) is 10.0. The highest BCUT2D eigenvalue weighted by atomic mass is 32.1. The first-order chi connectivity index (χ1) is 16.3. The van der Waals surface area contributed by atoms with Crippen LogP contribution >= 0.6 is 22.7 Å². The molecule has 1 aromatic carbocycles. The Kier molecular flexibility index (Phi) is 7.23. The van der Waals surface area contributed by atoms with E-state index in [0.717, 1.165) is 31.6 Å². The van der Waals surface area contributed by atoms with Gasteiger partial charge in [-0.05, 0) is 68.5 Å². The first kappa shape index (κ1) is 23.8. The van der Waals surface area contributed by atoms with Crippen molar-refractivity contribution in [2.75, 3.05) is 6.54 Å². The maximum Gasteiger partial charge on any atom is 0.266 e. The van der Waals surface area contributed by atoms with Crippen LogP contribution in [0.4, 0.5) is 0 Å². The number of amides is 1. The molecular weight excluding hydrogens is 468 g/mol. The molecule has 3 heterocycles. The van der Waals surface area contributed by atoms with Gasteiger partial charge in [-0.3, -0.25) is 9.59 Å². The van der Waals surface area contributed by atoms with Gasteiger partial charge in [0.25, 0.3) is 11.5 Å². The largest absolute Gasteiger partial charge is 0.481 e. The van der Waals surface area contributed by atoms with Crippen molar-refractivity contribution in [3.8, 4) is 26.2 Å². The molecule has 34 heavy (non-hydrogen) atoms. The van der Waals surface area contributed by atoms with E-state index in [1.165, 1.54) is 10.7 Å². The van der Waals surface area contributed by atoms with E-state index in [1.54, 1.807) is 35.7 Å². The Morgan fingerprint density at radius 1 is 1.15 bits per heavy atom. The lowest BCUT2D eigenvalue weighted by Gasteiger charge is -2.16. The third kappa shape index (κ3) is 5.60. The number of benzene rings is 1. The number of thiophene rings is 1. The Labute approximate surface area is 206 Å². The van der Waals surface area contributed by atoms with Crippen LogP contribution < -0.4 is 15.6 Å². The van der Waals surface area contributed by atoms with Crippen molar-refractivity contribution in [3.63, 3.8) is 0 Å². The quantitative estimate of drug-likeness (QED) is 0.387. The summed E-state index contributed by atoms with van der Waals surface area (Å²) in [4.78, 5) is 31.5. The standard InChI is InChI=1S/C25H26N4O3S2/c1-15-12-16(2)14-19(13-15)32-18(4)24(31)26-9-10-29-22(30)8-7-20(28-29)23-17(3)27-25(34-23)21-6-5-11-33-21/h5-8,11-14,18H,9-10H2,1-4H3,(H,26,31). The lowest BCUT2D eigenvalue weighted by atomic mass is 10.1. The smallest absolute Gasteiger partial charge is 0.266 e. The number of aryl methyl sites for hydroxylation is 3. The molecule has 1 unspecified atom stereocenters. The van der Waals surface area contributed by atoms with Gasteiger partial charge < -0.3 is 10.1 Å². The summed E-state index contributed by atoms with van der Waals surface area (Å²) in [6.45, 7) is 8.13. The fourth-order valence-electron chi connectivity index (χ4n) is 3.56. The van der Waals surface area contributed by atoms with Gasteiger partial charge in [0.15, 0.2) is 6.10 Å². The van der Waals surface area contributed by atoms with Crippen molar-refractivity contribution in [2.24, 2.45) is 0 Å². The van der Waals surface area contributed by atoms with E-state index in [2.05, 4.69) is 15.4 Å². The third-order valence-electron chi connectivity index (χ3n) is 5.13. The molecule has 0 radical (unpaired) electrons. The summed E-state index contributed by atoms with van der Waals surface area (Å²) >= 11 is 3.19. The minimum absolute atomic E-state index is 0.224. The minimum Gasteiger partial charge on any atom is -0.481 e. The number of hydrogen-bond acceptors (Lipinski definition) is 7. The first-order valence-electron chi connectivity index (χ1n) is 10.9. The molecule has 4 aromatic rings. The minimum atomic E-state index is -0.660. The Morgan fingerprint density at radius 3 is 2.62 bits per heavy atom. The van der Waals surface area contributed by atoms with E-state index in [0.29, 0.717) is 11.4 Å². The molecule has 0 aliphatic heterocycles. The predicted molar refractivity (Wildman–Crippen MR) is 137 cm³/mol. The zero-order valence-corrected chi connectivity index (χ0v) is 21.1. The van der Waals surface area contributed by atoms with Gasteiger partial charge in [0, 0.05) is 12.6 Å². The van der Waals surface area contributed by atoms with Crippen molar-refractivity contribution in [2.45, 2.75) is 40.3 Å². The lowest BCUT2D eigenvalue weighted by Crippen LogP contribution is -2.39. The average molecular weight is 495 g/mol. The van der Waals surface area contributed by atoms with Gasteiger partial charge in [-0.2, -0.15) is 5.10 Å². The van der Waals surface area contributed by atoms with E-state index < -0.39 is 6.10 Å². The Bertz CT molecular complexity index is 1340. The van der Waals surface area contributed by atoms with Crippen molar-refractivity contribution >= 4 is 28.6 Å². The van der Waals surface area contributed by atoms with Gasteiger partial charge >= 0.3 is 0 Å². The van der Waals surface area contributed by atoms with Crippen molar-refractivity contribution in [1.29, 1.82) is 0 Å². The number of thiazole rings is 1. The first-order valence-corrected chi connectivity index (χ1v) is 12.6. The highest BCUT2D eigenvalue weighted by Gasteiger charge is 2.16. The summed E-state index contributed by atoms with van der Waals surface area (Å²) in [6, 6.07) is 13.1. The summed E-state index contributed by atoms with van der Waals surface area (Å²) in [5, 5.41) is 10.3. The Balaban J connectivity index is 1.39. The van der Waals surface area contributed by atoms with E-state index in [9.17, 15) is 9.59 Å². The molecule has 0 aliphatic carbocycles. The number of carbonyl (C=O) groups is 1. The van der Waals surface area contributed by atoms with Gasteiger partial charge in [0.2, 0.25) is 0 Å². The normalized spacial score (nSPS) is 11.9. The second-order valence-electron chi connectivity index (χ2n) is 8.07. The second kappa shape index (κ2) is 10.3. The van der Waals surface area contributed by atoms with E-state index in [4.69, 9.17) is 4.74 Å². The van der Waals surface area contributed by atoms with Gasteiger partial charge in [0.05, 0.1) is 22.0 Å². The predicted octanol–water partition coefficient (Wildman–Crippen LogP) is 4.60. The SMILES string of the molecule is Cc1cc(C)cc(OC(C)C(=O)NCCn2nc(-c3sc(-c4cccs4)nc3C)ccc2=O)c1. The van der Waals surface area contributed by atoms with Gasteiger partial charge in [0.1, 0.15) is 16.5 Å². The molecule has 176 valence electrons. The van der Waals surface area contributed by atoms with Crippen LogP contribution in [0.1, 0.15) is 23.7 Å². The van der Waals surface area contributed by atoms with Crippen LogP contribution in [0.5, 0.6) is 5.75 Å². The van der Waals surface area contributed by atoms with Gasteiger partial charge in [-0.25, -0.2) is 9.67 Å². The average Bonchev–Trinajstić information content (AvgIpc) is 3.44. The van der Waals surface area contributed by atoms with Crippen LogP contribution in [0.25, 0.3) is 20.5 Å². The summed E-state index contributed by atoms with van der Waals surface area (Å²) in [6.07, 6.45) is -0.660. The van der Waals surface area contributed by atoms with Crippen LogP contribution in [-0.4, -0.2) is 33.3 Å². The summed E-state index contributed by atoms with van der Waals surface area (Å²) in [7, 11) is 0. The molecule has 0 bridgehead atoms. The summed E-state index contributed by atoms with van der Waals surface area (Å²) in [5.74, 6) is 0.412. The van der Waals surface area contributed by atoms with E-state index >= 15 is 0 Å². The molecule has 7 nitrogen and oxygen atoms in total. The van der Waals surface area contributed by atoms with Crippen LogP contribution in [-0.2, 0) is 11.3 Å². The number of rotatable bonds is 8. The zero-order valence-electron chi connectivity index (χ0n) is 19.5. The summed E-state index contributed by atoms with van der Waals surface area (Å²) in [5.41, 5.74) is 3.49. The van der Waals surface area contributed by atoms with Crippen molar-refractivity contribution < 1.29 is 9.53 Å². The molecule has 1 N–H and O–H groups in total.